The Morgan fingerprint density at radius 1 is 1.00 bits per heavy atom. The number of aliphatic hydroxyl groups excluding tert-OH is 2. The molecule has 2 saturated carbocycles. The summed E-state index contributed by atoms with van der Waals surface area (Å²) in [6, 6.07) is 0.760. The zero-order valence-corrected chi connectivity index (χ0v) is 18.5. The third kappa shape index (κ3) is 4.17. The fraction of sp³-hybridized carbons (Fsp3) is 0.783. The maximum Gasteiger partial charge on any atom is 0.257 e. The highest BCUT2D eigenvalue weighted by molar-refractivity contribution is 5.95. The normalized spacial score (nSPS) is 32.5. The molecule has 1 aromatic heterocycles. The molecular weight excluding hydrogens is 394 g/mol. The molecule has 2 aliphatic carbocycles. The van der Waals surface area contributed by atoms with Gasteiger partial charge in [0.05, 0.1) is 23.5 Å². The van der Waals surface area contributed by atoms with Crippen LogP contribution in [-0.2, 0) is 0 Å². The van der Waals surface area contributed by atoms with Crippen LogP contribution in [0.2, 0.25) is 0 Å². The van der Waals surface area contributed by atoms with Crippen LogP contribution in [-0.4, -0.2) is 93.4 Å². The first kappa shape index (κ1) is 21.1. The van der Waals surface area contributed by atoms with Gasteiger partial charge < -0.3 is 20.0 Å². The van der Waals surface area contributed by atoms with Gasteiger partial charge in [-0.2, -0.15) is 0 Å². The summed E-state index contributed by atoms with van der Waals surface area (Å²) in [5.41, 5.74) is 1.29. The zero-order chi connectivity index (χ0) is 21.5. The molecule has 0 aromatic carbocycles. The Kier molecular flexibility index (Phi) is 5.88. The summed E-state index contributed by atoms with van der Waals surface area (Å²) in [4.78, 5) is 29.1. The number of likely N-dealkylation sites (tertiary alicyclic amines) is 1. The van der Waals surface area contributed by atoms with E-state index < -0.39 is 12.2 Å². The molecule has 4 unspecified atom stereocenters. The van der Waals surface area contributed by atoms with Crippen molar-refractivity contribution < 1.29 is 15.0 Å². The number of carbonyl (C=O) groups is 1. The highest BCUT2D eigenvalue weighted by Crippen LogP contribution is 2.37. The van der Waals surface area contributed by atoms with Crippen molar-refractivity contribution >= 4 is 11.9 Å². The third-order valence-corrected chi connectivity index (χ3v) is 8.03. The smallest absolute Gasteiger partial charge is 0.257 e. The Morgan fingerprint density at radius 2 is 1.61 bits per heavy atom. The molecule has 1 amide bonds. The molecule has 3 heterocycles. The quantitative estimate of drug-likeness (QED) is 0.742. The lowest BCUT2D eigenvalue weighted by atomic mass is 9.79. The summed E-state index contributed by atoms with van der Waals surface area (Å²) in [6.07, 6.45) is 6.88. The topological polar surface area (TPSA) is 93.0 Å². The van der Waals surface area contributed by atoms with Gasteiger partial charge in [0.15, 0.2) is 0 Å². The van der Waals surface area contributed by atoms with Gasteiger partial charge in [0.1, 0.15) is 0 Å². The monoisotopic (exact) mass is 429 g/mol. The van der Waals surface area contributed by atoms with Crippen molar-refractivity contribution in [2.75, 3.05) is 44.2 Å². The molecule has 8 heteroatoms. The summed E-state index contributed by atoms with van der Waals surface area (Å²) in [6.45, 7) is 7.15. The van der Waals surface area contributed by atoms with Crippen LogP contribution in [0, 0.1) is 18.8 Å². The SMILES string of the molecule is Cc1nc(N2CCN(C3CCCC3)CC2)ncc1C(=O)N1CC2CC(O)C(O)CC2C1. The van der Waals surface area contributed by atoms with Crippen LogP contribution in [0.4, 0.5) is 5.95 Å². The average molecular weight is 430 g/mol. The molecular formula is C23H35N5O3. The number of aliphatic hydroxyl groups is 2. The number of amides is 1. The van der Waals surface area contributed by atoms with E-state index in [9.17, 15) is 15.0 Å². The van der Waals surface area contributed by atoms with Crippen molar-refractivity contribution in [1.82, 2.24) is 19.8 Å². The van der Waals surface area contributed by atoms with Crippen LogP contribution in [0.15, 0.2) is 6.20 Å². The van der Waals surface area contributed by atoms with Crippen LogP contribution in [0.25, 0.3) is 0 Å². The first-order chi connectivity index (χ1) is 15.0. The first-order valence-corrected chi connectivity index (χ1v) is 12.0. The molecule has 2 aliphatic heterocycles. The molecule has 170 valence electrons. The van der Waals surface area contributed by atoms with Gasteiger partial charge in [-0.1, -0.05) is 12.8 Å². The minimum Gasteiger partial charge on any atom is -0.390 e. The Labute approximate surface area is 184 Å². The largest absolute Gasteiger partial charge is 0.390 e. The van der Waals surface area contributed by atoms with Gasteiger partial charge in [-0.05, 0) is 44.4 Å². The van der Waals surface area contributed by atoms with Gasteiger partial charge >= 0.3 is 0 Å². The Morgan fingerprint density at radius 3 is 2.19 bits per heavy atom. The van der Waals surface area contributed by atoms with Crippen molar-refractivity contribution in [3.8, 4) is 0 Å². The number of aromatic nitrogens is 2. The number of hydrogen-bond donors (Lipinski definition) is 2. The standard InChI is InChI=1S/C23H35N5O3/c1-15-19(22(31)28-13-16-10-20(29)21(30)11-17(16)14-28)12-24-23(25-15)27-8-6-26(7-9-27)18-4-2-3-5-18/h12,16-18,20-21,29-30H,2-11,13-14H2,1H3. The van der Waals surface area contributed by atoms with Crippen LogP contribution in [0.3, 0.4) is 0 Å². The van der Waals surface area contributed by atoms with Crippen molar-refractivity contribution in [3.63, 3.8) is 0 Å². The third-order valence-electron chi connectivity index (χ3n) is 8.03. The van der Waals surface area contributed by atoms with Gasteiger partial charge in [-0.25, -0.2) is 9.97 Å². The summed E-state index contributed by atoms with van der Waals surface area (Å²) >= 11 is 0. The molecule has 2 saturated heterocycles. The van der Waals surface area contributed by atoms with Crippen molar-refractivity contribution in [2.45, 2.75) is 63.7 Å². The maximum atomic E-state index is 13.2. The Hall–Kier alpha value is -1.77. The molecule has 2 N–H and O–H groups in total. The number of hydrogen-bond acceptors (Lipinski definition) is 7. The van der Waals surface area contributed by atoms with Gasteiger partial charge in [0, 0.05) is 51.5 Å². The molecule has 4 aliphatic rings. The second-order valence-electron chi connectivity index (χ2n) is 9.97. The number of piperazine rings is 1. The van der Waals surface area contributed by atoms with E-state index in [-0.39, 0.29) is 17.7 Å². The number of fused-ring (bicyclic) bond motifs is 1. The van der Waals surface area contributed by atoms with Crippen LogP contribution in [0.5, 0.6) is 0 Å². The lowest BCUT2D eigenvalue weighted by Crippen LogP contribution is -2.50. The highest BCUT2D eigenvalue weighted by atomic mass is 16.3. The number of carbonyl (C=O) groups excluding carboxylic acids is 1. The van der Waals surface area contributed by atoms with E-state index in [1.807, 2.05) is 11.8 Å². The molecule has 0 bridgehead atoms. The van der Waals surface area contributed by atoms with Gasteiger partial charge in [0.2, 0.25) is 5.95 Å². The molecule has 31 heavy (non-hydrogen) atoms. The summed E-state index contributed by atoms with van der Waals surface area (Å²) in [5, 5.41) is 19.9. The van der Waals surface area contributed by atoms with Crippen molar-refractivity contribution in [3.05, 3.63) is 17.5 Å². The molecule has 4 atom stereocenters. The predicted octanol–water partition coefficient (Wildman–Crippen LogP) is 1.05. The van der Waals surface area contributed by atoms with Crippen LogP contribution < -0.4 is 4.90 Å². The van der Waals surface area contributed by atoms with E-state index in [1.54, 1.807) is 6.20 Å². The summed E-state index contributed by atoms with van der Waals surface area (Å²) in [7, 11) is 0. The lowest BCUT2D eigenvalue weighted by molar-refractivity contribution is -0.0372. The summed E-state index contributed by atoms with van der Waals surface area (Å²) in [5.74, 6) is 1.22. The van der Waals surface area contributed by atoms with E-state index in [0.717, 1.165) is 43.9 Å². The predicted molar refractivity (Wildman–Crippen MR) is 117 cm³/mol. The van der Waals surface area contributed by atoms with Crippen LogP contribution >= 0.6 is 0 Å². The van der Waals surface area contributed by atoms with E-state index in [0.29, 0.717) is 31.5 Å². The molecule has 4 fully saturated rings. The minimum absolute atomic E-state index is 0.0338. The highest BCUT2D eigenvalue weighted by Gasteiger charge is 2.43. The minimum atomic E-state index is -0.671. The van der Waals surface area contributed by atoms with E-state index in [2.05, 4.69) is 14.8 Å². The average Bonchev–Trinajstić information content (AvgIpc) is 3.44. The second-order valence-corrected chi connectivity index (χ2v) is 9.97. The fourth-order valence-corrected chi connectivity index (χ4v) is 6.12. The molecule has 1 aromatic rings. The summed E-state index contributed by atoms with van der Waals surface area (Å²) < 4.78 is 0. The van der Waals surface area contributed by atoms with Crippen molar-refractivity contribution in [1.29, 1.82) is 0 Å². The van der Waals surface area contributed by atoms with E-state index in [4.69, 9.17) is 4.98 Å². The zero-order valence-electron chi connectivity index (χ0n) is 18.5. The molecule has 5 rings (SSSR count). The van der Waals surface area contributed by atoms with Crippen LogP contribution in [0.1, 0.15) is 54.6 Å². The second kappa shape index (κ2) is 8.64. The van der Waals surface area contributed by atoms with E-state index >= 15 is 0 Å². The molecule has 0 radical (unpaired) electrons. The Balaban J connectivity index is 1.21. The fourth-order valence-electron chi connectivity index (χ4n) is 6.12. The van der Waals surface area contributed by atoms with Gasteiger partial charge in [0.25, 0.3) is 5.91 Å². The number of aryl methyl sites for hydroxylation is 1. The first-order valence-electron chi connectivity index (χ1n) is 12.0. The molecule has 0 spiro atoms. The number of anilines is 1. The van der Waals surface area contributed by atoms with Crippen molar-refractivity contribution in [2.24, 2.45) is 11.8 Å². The van der Waals surface area contributed by atoms with Gasteiger partial charge in [-0.3, -0.25) is 9.69 Å². The molecule has 8 nitrogen and oxygen atoms in total. The maximum absolute atomic E-state index is 13.2. The number of rotatable bonds is 3. The lowest BCUT2D eigenvalue weighted by Gasteiger charge is -2.38. The Bertz CT molecular complexity index is 788. The number of nitrogens with zero attached hydrogens (tertiary/aromatic N) is 5. The van der Waals surface area contributed by atoms with Gasteiger partial charge in [-0.15, -0.1) is 0 Å². The van der Waals surface area contributed by atoms with E-state index in [1.165, 1.54) is 25.7 Å².